The molecule has 5 heterocycles. The summed E-state index contributed by atoms with van der Waals surface area (Å²) in [5, 5.41) is 32.0. The van der Waals surface area contributed by atoms with E-state index in [0.717, 1.165) is 22.1 Å². The summed E-state index contributed by atoms with van der Waals surface area (Å²) >= 11 is 0. The van der Waals surface area contributed by atoms with Crippen LogP contribution in [0.25, 0.3) is 22.3 Å². The first kappa shape index (κ1) is 26.4. The number of esters is 1. The van der Waals surface area contributed by atoms with Crippen LogP contribution in [0.1, 0.15) is 64.9 Å². The van der Waals surface area contributed by atoms with Crippen LogP contribution in [0.15, 0.2) is 23.1 Å². The number of cyclic esters (lactones) is 1. The van der Waals surface area contributed by atoms with Crippen LogP contribution in [0, 0.1) is 12.7 Å². The van der Waals surface area contributed by atoms with E-state index in [9.17, 15) is 24.6 Å². The van der Waals surface area contributed by atoms with E-state index in [-0.39, 0.29) is 49.8 Å². The number of benzene rings is 1. The van der Waals surface area contributed by atoms with Gasteiger partial charge in [0.25, 0.3) is 5.56 Å². The van der Waals surface area contributed by atoms with E-state index in [4.69, 9.17) is 9.72 Å². The molecule has 2 aliphatic heterocycles. The Labute approximate surface area is 237 Å². The number of ether oxygens (including phenoxy) is 1. The van der Waals surface area contributed by atoms with Gasteiger partial charge in [0.1, 0.15) is 24.7 Å². The molecule has 0 fully saturated rings. The predicted octanol–water partition coefficient (Wildman–Crippen LogP) is 1.41. The number of amides is 1. The summed E-state index contributed by atoms with van der Waals surface area (Å²) in [6, 6.07) is 2.52. The van der Waals surface area contributed by atoms with Gasteiger partial charge < -0.3 is 24.8 Å². The molecule has 3 aliphatic rings. The molecule has 42 heavy (non-hydrogen) atoms. The SMILES string of the molecule is CC[C@@]1(O)C(=O)OCc2c1cc1n(c2=O)Cc2c-1nc1cc(F)c(C)c3c1c2[C@@H](NC(=O)Cn1cc(CO)nn1)CC3. The minimum absolute atomic E-state index is 0.0124. The van der Waals surface area contributed by atoms with Crippen molar-refractivity contribution in [1.29, 1.82) is 0 Å². The van der Waals surface area contributed by atoms with Gasteiger partial charge in [0.2, 0.25) is 5.91 Å². The fourth-order valence-electron chi connectivity index (χ4n) is 6.57. The average Bonchev–Trinajstić information content (AvgIpc) is 3.59. The second kappa shape index (κ2) is 9.26. The minimum atomic E-state index is -1.97. The molecule has 3 N–H and O–H groups in total. The third kappa shape index (κ3) is 3.66. The Kier molecular flexibility index (Phi) is 5.82. The Bertz CT molecular complexity index is 1920. The lowest BCUT2D eigenvalue weighted by Gasteiger charge is -2.31. The van der Waals surface area contributed by atoms with Crippen LogP contribution in [-0.2, 0) is 52.7 Å². The van der Waals surface area contributed by atoms with E-state index in [1.54, 1.807) is 19.9 Å². The molecule has 2 atom stereocenters. The largest absolute Gasteiger partial charge is 0.458 e. The van der Waals surface area contributed by atoms with Gasteiger partial charge in [-0.25, -0.2) is 18.9 Å². The zero-order chi connectivity index (χ0) is 29.5. The number of carbonyl (C=O) groups excluding carboxylic acids is 2. The number of halogens is 1. The highest BCUT2D eigenvalue weighted by Gasteiger charge is 2.46. The van der Waals surface area contributed by atoms with Crippen LogP contribution in [0.4, 0.5) is 4.39 Å². The average molecular weight is 575 g/mol. The number of aryl methyl sites for hydroxylation is 1. The molecule has 3 aromatic heterocycles. The molecule has 0 radical (unpaired) electrons. The quantitative estimate of drug-likeness (QED) is 0.264. The summed E-state index contributed by atoms with van der Waals surface area (Å²) in [5.41, 5.74) is 2.42. The Morgan fingerprint density at radius 2 is 2.07 bits per heavy atom. The fourth-order valence-corrected chi connectivity index (χ4v) is 6.57. The van der Waals surface area contributed by atoms with Crippen LogP contribution in [0.5, 0.6) is 0 Å². The number of pyridine rings is 2. The molecule has 4 aromatic rings. The molecule has 1 amide bonds. The molecule has 216 valence electrons. The maximum Gasteiger partial charge on any atom is 0.343 e. The highest BCUT2D eigenvalue weighted by molar-refractivity contribution is 5.94. The van der Waals surface area contributed by atoms with E-state index >= 15 is 4.39 Å². The monoisotopic (exact) mass is 574 g/mol. The van der Waals surface area contributed by atoms with Crippen molar-refractivity contribution >= 4 is 22.8 Å². The highest BCUT2D eigenvalue weighted by atomic mass is 19.1. The maximum absolute atomic E-state index is 15.1. The second-order valence-electron chi connectivity index (χ2n) is 11.0. The van der Waals surface area contributed by atoms with Gasteiger partial charge in [0.05, 0.1) is 47.9 Å². The van der Waals surface area contributed by atoms with Gasteiger partial charge >= 0.3 is 5.97 Å². The number of aliphatic hydroxyl groups is 2. The lowest BCUT2D eigenvalue weighted by atomic mass is 9.81. The standard InChI is InChI=1S/C29H27FN6O6/c1-3-29(41)18-6-22-26-16(9-36(22)27(39)17(18)12-42-28(29)40)25-20(31-23(38)10-35-8-14(11-37)33-34-35)5-4-15-13(2)19(30)7-21(32-26)24(15)25/h6-8,20,37,41H,3-5,9-12H2,1-2H3,(H,31,38)/t20-,29-/m0/s1. The van der Waals surface area contributed by atoms with E-state index < -0.39 is 29.0 Å². The predicted molar refractivity (Wildman–Crippen MR) is 144 cm³/mol. The summed E-state index contributed by atoms with van der Waals surface area (Å²) < 4.78 is 23.1. The number of aliphatic hydroxyl groups excluding tert-OH is 1. The fraction of sp³-hybridized carbons (Fsp3) is 0.379. The van der Waals surface area contributed by atoms with Crippen molar-refractivity contribution < 1.29 is 28.9 Å². The van der Waals surface area contributed by atoms with Crippen LogP contribution < -0.4 is 10.9 Å². The molecule has 0 saturated heterocycles. The molecule has 0 saturated carbocycles. The Morgan fingerprint density at radius 1 is 1.26 bits per heavy atom. The molecule has 0 spiro atoms. The Hall–Kier alpha value is -4.49. The first-order chi connectivity index (χ1) is 20.1. The first-order valence-electron chi connectivity index (χ1n) is 13.8. The lowest BCUT2D eigenvalue weighted by Crippen LogP contribution is -2.44. The number of hydrogen-bond acceptors (Lipinski definition) is 9. The molecular formula is C29H27FN6O6. The number of nitrogens with one attached hydrogen (secondary N) is 1. The van der Waals surface area contributed by atoms with Crippen molar-refractivity contribution in [2.45, 2.75) is 71.1 Å². The van der Waals surface area contributed by atoms with Crippen LogP contribution in [0.3, 0.4) is 0 Å². The summed E-state index contributed by atoms with van der Waals surface area (Å²) in [6.45, 7) is 2.84. The van der Waals surface area contributed by atoms with Crippen LogP contribution >= 0.6 is 0 Å². The lowest BCUT2D eigenvalue weighted by molar-refractivity contribution is -0.172. The molecule has 13 heteroatoms. The van der Waals surface area contributed by atoms with Crippen molar-refractivity contribution in [2.24, 2.45) is 0 Å². The third-order valence-corrected chi connectivity index (χ3v) is 8.77. The van der Waals surface area contributed by atoms with E-state index in [0.29, 0.717) is 41.0 Å². The Morgan fingerprint density at radius 3 is 2.81 bits per heavy atom. The van der Waals surface area contributed by atoms with Crippen LogP contribution in [0.2, 0.25) is 0 Å². The van der Waals surface area contributed by atoms with Crippen molar-refractivity contribution in [2.75, 3.05) is 0 Å². The summed E-state index contributed by atoms with van der Waals surface area (Å²) in [5.74, 6) is -1.54. The number of carbonyl (C=O) groups is 2. The zero-order valence-electron chi connectivity index (χ0n) is 22.9. The Balaban J connectivity index is 1.39. The van der Waals surface area contributed by atoms with Crippen molar-refractivity contribution in [3.05, 3.63) is 73.6 Å². The van der Waals surface area contributed by atoms with Gasteiger partial charge in [0.15, 0.2) is 5.60 Å². The number of hydrogen-bond donors (Lipinski definition) is 3. The maximum atomic E-state index is 15.1. The number of fused-ring (bicyclic) bond motifs is 5. The number of rotatable bonds is 5. The van der Waals surface area contributed by atoms with Gasteiger partial charge in [-0.05, 0) is 48.9 Å². The smallest absolute Gasteiger partial charge is 0.343 e. The first-order valence-corrected chi connectivity index (χ1v) is 13.8. The molecular weight excluding hydrogens is 547 g/mol. The number of aromatic nitrogens is 5. The van der Waals surface area contributed by atoms with Crippen molar-refractivity contribution in [1.82, 2.24) is 29.9 Å². The zero-order valence-corrected chi connectivity index (χ0v) is 22.9. The summed E-state index contributed by atoms with van der Waals surface area (Å²) in [6.07, 6.45) is 2.51. The van der Waals surface area contributed by atoms with Gasteiger partial charge in [-0.15, -0.1) is 5.10 Å². The van der Waals surface area contributed by atoms with Crippen LogP contribution in [-0.4, -0.2) is 46.6 Å². The van der Waals surface area contributed by atoms with E-state index in [1.807, 2.05) is 0 Å². The summed E-state index contributed by atoms with van der Waals surface area (Å²) in [7, 11) is 0. The van der Waals surface area contributed by atoms with Gasteiger partial charge in [-0.2, -0.15) is 0 Å². The molecule has 1 aliphatic carbocycles. The van der Waals surface area contributed by atoms with E-state index in [2.05, 4.69) is 15.6 Å². The second-order valence-corrected chi connectivity index (χ2v) is 11.0. The summed E-state index contributed by atoms with van der Waals surface area (Å²) in [4.78, 5) is 44.2. The normalized spacial score (nSPS) is 20.2. The van der Waals surface area contributed by atoms with Crippen molar-refractivity contribution in [3.63, 3.8) is 0 Å². The topological polar surface area (TPSA) is 161 Å². The van der Waals surface area contributed by atoms with E-state index in [1.165, 1.54) is 21.5 Å². The molecule has 1 aromatic carbocycles. The van der Waals surface area contributed by atoms with Crippen molar-refractivity contribution in [3.8, 4) is 11.4 Å². The van der Waals surface area contributed by atoms with Gasteiger partial charge in [0, 0.05) is 22.6 Å². The van der Waals surface area contributed by atoms with Gasteiger partial charge in [-0.3, -0.25) is 9.59 Å². The van der Waals surface area contributed by atoms with Gasteiger partial charge in [-0.1, -0.05) is 12.1 Å². The highest BCUT2D eigenvalue weighted by Crippen LogP contribution is 2.45. The molecule has 12 nitrogen and oxygen atoms in total. The molecule has 7 rings (SSSR count). The number of nitrogens with zero attached hydrogens (tertiary/aromatic N) is 5. The molecule has 0 bridgehead atoms. The minimum Gasteiger partial charge on any atom is -0.458 e. The molecule has 0 unspecified atom stereocenters. The third-order valence-electron chi connectivity index (χ3n) is 8.77.